The predicted molar refractivity (Wildman–Crippen MR) is 188 cm³/mol. The lowest BCUT2D eigenvalue weighted by molar-refractivity contribution is 0.295. The average molecular weight is 681 g/mol. The van der Waals surface area contributed by atoms with Crippen LogP contribution in [0.1, 0.15) is 0 Å². The molecule has 0 fully saturated rings. The van der Waals surface area contributed by atoms with Crippen molar-refractivity contribution in [1.82, 2.24) is 0 Å². The topological polar surface area (TPSA) is 111 Å². The van der Waals surface area contributed by atoms with Crippen LogP contribution in [0.4, 0.5) is 0 Å². The second-order valence-electron chi connectivity index (χ2n) is 11.2. The van der Waals surface area contributed by atoms with Crippen LogP contribution in [0.15, 0.2) is 84.9 Å². The van der Waals surface area contributed by atoms with Crippen LogP contribution in [-0.2, 0) is 4.57 Å². The zero-order valence-electron chi connectivity index (χ0n) is 27.7. The van der Waals surface area contributed by atoms with Crippen molar-refractivity contribution in [2.45, 2.75) is 0 Å². The van der Waals surface area contributed by atoms with Gasteiger partial charge in [-0.25, -0.2) is 4.57 Å². The Morgan fingerprint density at radius 3 is 1.18 bits per heavy atom. The molecule has 0 saturated heterocycles. The van der Waals surface area contributed by atoms with E-state index in [4.69, 9.17) is 37.5 Å². The van der Waals surface area contributed by atoms with E-state index in [-0.39, 0.29) is 11.5 Å². The van der Waals surface area contributed by atoms with Crippen LogP contribution in [0.3, 0.4) is 0 Å². The van der Waals surface area contributed by atoms with E-state index in [1.165, 1.54) is 42.7 Å². The molecular formula is C38H33O10P. The number of phosphoric acid groups is 1. The first-order valence-electron chi connectivity index (χ1n) is 15.2. The highest BCUT2D eigenvalue weighted by atomic mass is 31.2. The minimum absolute atomic E-state index is 0.157. The molecule has 250 valence electrons. The molecule has 6 aromatic carbocycles. The molecular weight excluding hydrogens is 647 g/mol. The SMILES string of the molecule is COc1cc(-c2cc3ccccc3c3c2OP(=O)(O)Oc2c(-c4cc(OC)c(OC)c(OC)c4)cc4ccccc4c2-3)cc(OC)c1OC. The lowest BCUT2D eigenvalue weighted by Crippen LogP contribution is -2.01. The maximum atomic E-state index is 14.1. The molecule has 1 N–H and O–H groups in total. The summed E-state index contributed by atoms with van der Waals surface area (Å²) in [5, 5.41) is 3.29. The van der Waals surface area contributed by atoms with Gasteiger partial charge < -0.3 is 37.5 Å². The van der Waals surface area contributed by atoms with Crippen molar-refractivity contribution in [2.24, 2.45) is 0 Å². The van der Waals surface area contributed by atoms with Gasteiger partial charge in [-0.3, -0.25) is 4.89 Å². The van der Waals surface area contributed by atoms with Gasteiger partial charge in [0.25, 0.3) is 0 Å². The van der Waals surface area contributed by atoms with Gasteiger partial charge in [-0.15, -0.1) is 0 Å². The van der Waals surface area contributed by atoms with E-state index in [0.29, 0.717) is 67.9 Å². The molecule has 0 aliphatic carbocycles. The molecule has 0 unspecified atom stereocenters. The van der Waals surface area contributed by atoms with Crippen molar-refractivity contribution in [1.29, 1.82) is 0 Å². The molecule has 1 aliphatic heterocycles. The van der Waals surface area contributed by atoms with Gasteiger partial charge in [0.2, 0.25) is 11.5 Å². The monoisotopic (exact) mass is 680 g/mol. The van der Waals surface area contributed by atoms with Gasteiger partial charge in [-0.2, -0.15) is 0 Å². The van der Waals surface area contributed by atoms with Gasteiger partial charge in [0.1, 0.15) is 11.5 Å². The minimum atomic E-state index is -4.83. The minimum Gasteiger partial charge on any atom is -0.493 e. The lowest BCUT2D eigenvalue weighted by Gasteiger charge is -2.20. The van der Waals surface area contributed by atoms with E-state index in [9.17, 15) is 9.46 Å². The fourth-order valence-corrected chi connectivity index (χ4v) is 7.37. The Hall–Kier alpha value is -5.57. The third-order valence-electron chi connectivity index (χ3n) is 8.62. The quantitative estimate of drug-likeness (QED) is 0.157. The molecule has 49 heavy (non-hydrogen) atoms. The maximum absolute atomic E-state index is 14.1. The lowest BCUT2D eigenvalue weighted by atomic mass is 9.86. The number of hydrogen-bond donors (Lipinski definition) is 1. The Balaban J connectivity index is 1.66. The molecule has 0 radical (unpaired) electrons. The summed E-state index contributed by atoms with van der Waals surface area (Å²) in [6, 6.07) is 26.5. The number of hydrogen-bond acceptors (Lipinski definition) is 9. The normalized spacial score (nSPS) is 13.0. The molecule has 7 rings (SSSR count). The van der Waals surface area contributed by atoms with E-state index in [1.54, 1.807) is 24.3 Å². The second kappa shape index (κ2) is 12.5. The number of benzene rings is 6. The first-order chi connectivity index (χ1) is 23.7. The molecule has 11 heteroatoms. The number of rotatable bonds is 8. The first kappa shape index (κ1) is 32.0. The second-order valence-corrected chi connectivity index (χ2v) is 12.5. The smallest absolute Gasteiger partial charge is 0.493 e. The molecule has 0 amide bonds. The Labute approximate surface area is 282 Å². The maximum Gasteiger partial charge on any atom is 0.584 e. The molecule has 1 heterocycles. The summed E-state index contributed by atoms with van der Waals surface area (Å²) in [6.07, 6.45) is 0. The molecule has 0 saturated carbocycles. The molecule has 6 aromatic rings. The van der Waals surface area contributed by atoms with Crippen LogP contribution in [0.2, 0.25) is 0 Å². The Bertz CT molecular complexity index is 2110. The van der Waals surface area contributed by atoms with Crippen LogP contribution in [0.5, 0.6) is 46.0 Å². The summed E-state index contributed by atoms with van der Waals surface area (Å²) >= 11 is 0. The molecule has 10 nitrogen and oxygen atoms in total. The van der Waals surface area contributed by atoms with Crippen LogP contribution in [-0.4, -0.2) is 47.6 Å². The summed E-state index contributed by atoms with van der Waals surface area (Å²) in [5.74, 6) is 2.76. The van der Waals surface area contributed by atoms with Gasteiger partial charge in [-0.1, -0.05) is 48.5 Å². The molecule has 1 aliphatic rings. The Morgan fingerprint density at radius 2 is 0.857 bits per heavy atom. The number of phosphoric ester groups is 1. The van der Waals surface area contributed by atoms with Crippen LogP contribution < -0.4 is 37.5 Å². The summed E-state index contributed by atoms with van der Waals surface area (Å²) in [4.78, 5) is 11.5. The third kappa shape index (κ3) is 5.30. The Kier molecular flexibility index (Phi) is 8.14. The highest BCUT2D eigenvalue weighted by Crippen LogP contribution is 2.62. The van der Waals surface area contributed by atoms with Crippen molar-refractivity contribution in [3.8, 4) is 79.4 Å². The zero-order valence-corrected chi connectivity index (χ0v) is 28.5. The molecule has 0 spiro atoms. The van der Waals surface area contributed by atoms with Crippen LogP contribution in [0.25, 0.3) is 54.9 Å². The fourth-order valence-electron chi connectivity index (χ4n) is 6.49. The third-order valence-corrected chi connectivity index (χ3v) is 9.44. The van der Waals surface area contributed by atoms with E-state index in [0.717, 1.165) is 21.5 Å². The van der Waals surface area contributed by atoms with Crippen LogP contribution in [0, 0.1) is 0 Å². The molecule has 0 bridgehead atoms. The van der Waals surface area contributed by atoms with E-state index in [2.05, 4.69) is 0 Å². The number of methoxy groups -OCH3 is 6. The van der Waals surface area contributed by atoms with E-state index in [1.807, 2.05) is 60.7 Å². The highest BCUT2D eigenvalue weighted by molar-refractivity contribution is 7.48. The standard InChI is InChI=1S/C38H33O10P/c1-41-29-17-23(18-30(42-2)37(29)45-5)27-15-21-11-7-9-13-25(21)33-34-26-14-10-8-12-22(26)16-28(36(34)48-49(39,40)47-35(27)33)24-19-31(43-3)38(46-6)32(20-24)44-4/h7-20H,1-6H3,(H,39,40). The zero-order chi connectivity index (χ0) is 34.4. The van der Waals surface area contributed by atoms with Crippen molar-refractivity contribution in [3.05, 3.63) is 84.9 Å². The first-order valence-corrected chi connectivity index (χ1v) is 16.7. The molecule has 0 aromatic heterocycles. The van der Waals surface area contributed by atoms with Gasteiger partial charge in [0.05, 0.1) is 42.7 Å². The van der Waals surface area contributed by atoms with E-state index < -0.39 is 7.82 Å². The fraction of sp³-hybridized carbons (Fsp3) is 0.158. The summed E-state index contributed by atoms with van der Waals surface area (Å²) in [5.41, 5.74) is 3.39. The van der Waals surface area contributed by atoms with Crippen LogP contribution >= 0.6 is 7.82 Å². The average Bonchev–Trinajstić information content (AvgIpc) is 3.25. The highest BCUT2D eigenvalue weighted by Gasteiger charge is 2.38. The van der Waals surface area contributed by atoms with Gasteiger partial charge in [0.15, 0.2) is 23.0 Å². The summed E-state index contributed by atoms with van der Waals surface area (Å²) in [6.45, 7) is 0. The van der Waals surface area contributed by atoms with Gasteiger partial charge in [0, 0.05) is 22.3 Å². The van der Waals surface area contributed by atoms with E-state index >= 15 is 0 Å². The van der Waals surface area contributed by atoms with Crippen molar-refractivity contribution < 1.29 is 46.9 Å². The van der Waals surface area contributed by atoms with Gasteiger partial charge in [-0.05, 0) is 69.1 Å². The Morgan fingerprint density at radius 1 is 0.510 bits per heavy atom. The summed E-state index contributed by atoms with van der Waals surface area (Å²) < 4.78 is 60.1. The van der Waals surface area contributed by atoms with Crippen molar-refractivity contribution in [3.63, 3.8) is 0 Å². The number of fused-ring (bicyclic) bond motifs is 7. The van der Waals surface area contributed by atoms with Gasteiger partial charge >= 0.3 is 7.82 Å². The largest absolute Gasteiger partial charge is 0.584 e. The molecule has 0 atom stereocenters. The number of ether oxygens (including phenoxy) is 6. The predicted octanol–water partition coefficient (Wildman–Crippen LogP) is 8.92. The summed E-state index contributed by atoms with van der Waals surface area (Å²) in [7, 11) is 4.34. The van der Waals surface area contributed by atoms with Crippen molar-refractivity contribution in [2.75, 3.05) is 42.7 Å². The van der Waals surface area contributed by atoms with Crippen molar-refractivity contribution >= 4 is 29.4 Å².